The van der Waals surface area contributed by atoms with Gasteiger partial charge in [-0.3, -0.25) is 9.48 Å². The number of amides is 1. The van der Waals surface area contributed by atoms with E-state index in [-0.39, 0.29) is 17.9 Å². The SMILES string of the molecule is CSCc1ccc(CNC(=O)[C@@H]2OCC[C@@H]2Cn2cccn2)cc1. The van der Waals surface area contributed by atoms with Gasteiger partial charge in [0, 0.05) is 43.8 Å². The van der Waals surface area contributed by atoms with Crippen molar-refractivity contribution >= 4 is 17.7 Å². The van der Waals surface area contributed by atoms with Crippen LogP contribution >= 0.6 is 11.8 Å². The van der Waals surface area contributed by atoms with Crippen LogP contribution in [0.5, 0.6) is 0 Å². The topological polar surface area (TPSA) is 56.1 Å². The van der Waals surface area contributed by atoms with Crippen molar-refractivity contribution in [2.45, 2.75) is 31.4 Å². The molecule has 1 aliphatic heterocycles. The minimum absolute atomic E-state index is 0.0298. The molecule has 1 amide bonds. The lowest BCUT2D eigenvalue weighted by molar-refractivity contribution is -0.132. The van der Waals surface area contributed by atoms with Crippen molar-refractivity contribution in [3.8, 4) is 0 Å². The second-order valence-electron chi connectivity index (χ2n) is 6.04. The maximum absolute atomic E-state index is 12.5. The van der Waals surface area contributed by atoms with Gasteiger partial charge in [-0.15, -0.1) is 0 Å². The zero-order valence-electron chi connectivity index (χ0n) is 13.9. The second-order valence-corrected chi connectivity index (χ2v) is 6.90. The van der Waals surface area contributed by atoms with Crippen LogP contribution in [0, 0.1) is 5.92 Å². The fourth-order valence-corrected chi connectivity index (χ4v) is 3.49. The summed E-state index contributed by atoms with van der Waals surface area (Å²) in [6, 6.07) is 10.3. The molecule has 2 aromatic rings. The maximum Gasteiger partial charge on any atom is 0.249 e. The van der Waals surface area contributed by atoms with Crippen LogP contribution in [0.2, 0.25) is 0 Å². The number of carbonyl (C=O) groups is 1. The van der Waals surface area contributed by atoms with Gasteiger partial charge in [-0.2, -0.15) is 16.9 Å². The molecule has 0 aliphatic carbocycles. The highest BCUT2D eigenvalue weighted by molar-refractivity contribution is 7.97. The van der Waals surface area contributed by atoms with E-state index in [0.717, 1.165) is 17.7 Å². The molecular formula is C18H23N3O2S. The molecule has 0 spiro atoms. The van der Waals surface area contributed by atoms with Gasteiger partial charge in [-0.25, -0.2) is 0 Å². The molecule has 1 aromatic carbocycles. The molecule has 3 rings (SSSR count). The van der Waals surface area contributed by atoms with Gasteiger partial charge < -0.3 is 10.1 Å². The van der Waals surface area contributed by atoms with Gasteiger partial charge in [0.25, 0.3) is 0 Å². The second kappa shape index (κ2) is 8.35. The van der Waals surface area contributed by atoms with Crippen molar-refractivity contribution in [2.75, 3.05) is 12.9 Å². The predicted octanol–water partition coefficient (Wildman–Crippen LogP) is 2.47. The van der Waals surface area contributed by atoms with Gasteiger partial charge in [-0.1, -0.05) is 24.3 Å². The molecule has 1 N–H and O–H groups in total. The van der Waals surface area contributed by atoms with E-state index in [0.29, 0.717) is 19.7 Å². The Bertz CT molecular complexity index is 643. The van der Waals surface area contributed by atoms with E-state index >= 15 is 0 Å². The first-order valence-electron chi connectivity index (χ1n) is 8.20. The van der Waals surface area contributed by atoms with Crippen molar-refractivity contribution in [3.05, 3.63) is 53.9 Å². The van der Waals surface area contributed by atoms with Crippen molar-refractivity contribution in [1.29, 1.82) is 0 Å². The Labute approximate surface area is 146 Å². The molecule has 2 atom stereocenters. The van der Waals surface area contributed by atoms with E-state index in [4.69, 9.17) is 4.74 Å². The average molecular weight is 345 g/mol. The summed E-state index contributed by atoms with van der Waals surface area (Å²) in [5.41, 5.74) is 2.41. The standard InChI is InChI=1S/C18H23N3O2S/c1-24-13-15-5-3-14(4-6-15)11-19-18(22)17-16(7-10-23-17)12-21-9-2-8-20-21/h2-6,8-9,16-17H,7,10-13H2,1H3,(H,19,22)/t16-,17-/m1/s1. The van der Waals surface area contributed by atoms with Gasteiger partial charge in [0.1, 0.15) is 6.10 Å². The molecule has 0 bridgehead atoms. The minimum Gasteiger partial charge on any atom is -0.368 e. The highest BCUT2D eigenvalue weighted by Crippen LogP contribution is 2.23. The molecule has 5 nitrogen and oxygen atoms in total. The maximum atomic E-state index is 12.5. The normalized spacial score (nSPS) is 20.2. The zero-order valence-corrected chi connectivity index (χ0v) is 14.7. The summed E-state index contributed by atoms with van der Waals surface area (Å²) in [6.07, 6.45) is 6.27. The van der Waals surface area contributed by atoms with E-state index in [1.807, 2.05) is 16.9 Å². The highest BCUT2D eigenvalue weighted by Gasteiger charge is 2.34. The van der Waals surface area contributed by atoms with Crippen molar-refractivity contribution < 1.29 is 9.53 Å². The molecule has 0 radical (unpaired) electrons. The van der Waals surface area contributed by atoms with Crippen LogP contribution in [0.4, 0.5) is 0 Å². The quantitative estimate of drug-likeness (QED) is 0.837. The number of hydrogen-bond acceptors (Lipinski definition) is 4. The summed E-state index contributed by atoms with van der Waals surface area (Å²) >= 11 is 1.80. The highest BCUT2D eigenvalue weighted by atomic mass is 32.2. The first-order valence-corrected chi connectivity index (χ1v) is 9.59. The Balaban J connectivity index is 1.52. The summed E-state index contributed by atoms with van der Waals surface area (Å²) in [7, 11) is 0. The fourth-order valence-electron chi connectivity index (χ4n) is 2.97. The molecular weight excluding hydrogens is 322 g/mol. The van der Waals surface area contributed by atoms with Gasteiger partial charge in [0.2, 0.25) is 5.91 Å². The van der Waals surface area contributed by atoms with Crippen LogP contribution in [0.25, 0.3) is 0 Å². The summed E-state index contributed by atoms with van der Waals surface area (Å²) in [5, 5.41) is 7.22. The van der Waals surface area contributed by atoms with Gasteiger partial charge in [0.15, 0.2) is 0 Å². The minimum atomic E-state index is -0.384. The number of carbonyl (C=O) groups excluding carboxylic acids is 1. The van der Waals surface area contributed by atoms with Crippen molar-refractivity contribution in [2.24, 2.45) is 5.92 Å². The third-order valence-corrected chi connectivity index (χ3v) is 4.88. The fraction of sp³-hybridized carbons (Fsp3) is 0.444. The summed E-state index contributed by atoms with van der Waals surface area (Å²) in [4.78, 5) is 12.5. The molecule has 1 fully saturated rings. The molecule has 2 heterocycles. The smallest absolute Gasteiger partial charge is 0.249 e. The number of ether oxygens (including phenoxy) is 1. The molecule has 1 saturated heterocycles. The number of hydrogen-bond donors (Lipinski definition) is 1. The Morgan fingerprint density at radius 3 is 2.88 bits per heavy atom. The third-order valence-electron chi connectivity index (χ3n) is 4.25. The lowest BCUT2D eigenvalue weighted by Gasteiger charge is -2.18. The molecule has 128 valence electrons. The molecule has 1 aromatic heterocycles. The van der Waals surface area contributed by atoms with Crippen LogP contribution in [0.1, 0.15) is 17.5 Å². The number of nitrogens with one attached hydrogen (secondary N) is 1. The number of nitrogens with zero attached hydrogens (tertiary/aromatic N) is 2. The molecule has 1 aliphatic rings. The van der Waals surface area contributed by atoms with Crippen LogP contribution in [-0.4, -0.2) is 34.7 Å². The molecule has 0 unspecified atom stereocenters. The Morgan fingerprint density at radius 2 is 2.17 bits per heavy atom. The number of thioether (sulfide) groups is 1. The van der Waals surface area contributed by atoms with E-state index in [1.165, 1.54) is 5.56 Å². The van der Waals surface area contributed by atoms with Crippen molar-refractivity contribution in [3.63, 3.8) is 0 Å². The van der Waals surface area contributed by atoms with E-state index < -0.39 is 0 Å². The van der Waals surface area contributed by atoms with Gasteiger partial charge in [-0.05, 0) is 29.9 Å². The monoisotopic (exact) mass is 345 g/mol. The molecule has 0 saturated carbocycles. The first-order chi connectivity index (χ1) is 11.8. The Morgan fingerprint density at radius 1 is 1.38 bits per heavy atom. The van der Waals surface area contributed by atoms with Crippen LogP contribution < -0.4 is 5.32 Å². The Kier molecular flexibility index (Phi) is 5.93. The molecule has 24 heavy (non-hydrogen) atoms. The summed E-state index contributed by atoms with van der Waals surface area (Å²) in [5.74, 6) is 1.16. The van der Waals surface area contributed by atoms with Gasteiger partial charge >= 0.3 is 0 Å². The summed E-state index contributed by atoms with van der Waals surface area (Å²) in [6.45, 7) is 1.88. The van der Waals surface area contributed by atoms with Crippen molar-refractivity contribution in [1.82, 2.24) is 15.1 Å². The number of rotatable bonds is 7. The molecule has 6 heteroatoms. The lowest BCUT2D eigenvalue weighted by Crippen LogP contribution is -2.38. The van der Waals surface area contributed by atoms with Crippen LogP contribution in [0.15, 0.2) is 42.7 Å². The predicted molar refractivity (Wildman–Crippen MR) is 95.6 cm³/mol. The number of benzene rings is 1. The average Bonchev–Trinajstić information content (AvgIpc) is 3.27. The lowest BCUT2D eigenvalue weighted by atomic mass is 10.0. The van der Waals surface area contributed by atoms with Gasteiger partial charge in [0.05, 0.1) is 0 Å². The summed E-state index contributed by atoms with van der Waals surface area (Å²) < 4.78 is 7.52. The first kappa shape index (κ1) is 17.0. The van der Waals surface area contributed by atoms with Crippen LogP contribution in [0.3, 0.4) is 0 Å². The Hall–Kier alpha value is -1.79. The van der Waals surface area contributed by atoms with E-state index in [9.17, 15) is 4.79 Å². The largest absolute Gasteiger partial charge is 0.368 e. The van der Waals surface area contributed by atoms with Crippen LogP contribution in [-0.2, 0) is 28.4 Å². The zero-order chi connectivity index (χ0) is 16.8. The number of aromatic nitrogens is 2. The third kappa shape index (κ3) is 4.39. The van der Waals surface area contributed by atoms with E-state index in [1.54, 1.807) is 18.0 Å². The van der Waals surface area contributed by atoms with E-state index in [2.05, 4.69) is 40.9 Å².